The Morgan fingerprint density at radius 1 is 1.44 bits per heavy atom. The maximum absolute atomic E-state index is 8.06. The highest BCUT2D eigenvalue weighted by molar-refractivity contribution is 6.00. The van der Waals surface area contributed by atoms with Crippen LogP contribution in [0.5, 0.6) is 0 Å². The van der Waals surface area contributed by atoms with Gasteiger partial charge in [-0.3, -0.25) is 0 Å². The molecule has 0 heterocycles. The van der Waals surface area contributed by atoms with Gasteiger partial charge in [0.2, 0.25) is 0 Å². The van der Waals surface area contributed by atoms with Crippen LogP contribution in [0, 0.1) is 11.3 Å². The Hall–Kier alpha value is -1.11. The van der Waals surface area contributed by atoms with Crippen molar-refractivity contribution in [2.45, 2.75) is 46.0 Å². The van der Waals surface area contributed by atoms with Gasteiger partial charge in [0.05, 0.1) is 0 Å². The molecule has 0 fully saturated rings. The molecule has 88 valence electrons. The summed E-state index contributed by atoms with van der Waals surface area (Å²) in [5.74, 6) is 0.634. The van der Waals surface area contributed by atoms with Gasteiger partial charge in [0.15, 0.2) is 0 Å². The Balaban J connectivity index is 2.50. The minimum absolute atomic E-state index is 0.634. The van der Waals surface area contributed by atoms with Gasteiger partial charge in [-0.05, 0) is 43.6 Å². The van der Waals surface area contributed by atoms with Crippen LogP contribution in [0.4, 0.5) is 0 Å². The molecule has 0 saturated heterocycles. The van der Waals surface area contributed by atoms with Crippen molar-refractivity contribution in [2.75, 3.05) is 0 Å². The molecule has 1 rings (SSSR count). The van der Waals surface area contributed by atoms with E-state index in [1.165, 1.54) is 12.0 Å². The van der Waals surface area contributed by atoms with Crippen LogP contribution >= 0.6 is 0 Å². The molecule has 0 bridgehead atoms. The lowest BCUT2D eigenvalue weighted by Crippen LogP contribution is -2.06. The summed E-state index contributed by atoms with van der Waals surface area (Å²) in [6.45, 7) is 8.32. The fourth-order valence-electron chi connectivity index (χ4n) is 1.86. The molecule has 1 nitrogen and oxygen atoms in total. The van der Waals surface area contributed by atoms with Crippen molar-refractivity contribution < 1.29 is 0 Å². The summed E-state index contributed by atoms with van der Waals surface area (Å²) in [5, 5.41) is 8.06. The quantitative estimate of drug-likeness (QED) is 0.494. The van der Waals surface area contributed by atoms with E-state index in [9.17, 15) is 0 Å². The topological polar surface area (TPSA) is 23.9 Å². The lowest BCUT2D eigenvalue weighted by molar-refractivity contribution is 0.630. The molecule has 0 aliphatic heterocycles. The smallest absolute Gasteiger partial charge is 0.0386 e. The van der Waals surface area contributed by atoms with Gasteiger partial charge >= 0.3 is 0 Å². The first kappa shape index (κ1) is 13.0. The highest BCUT2D eigenvalue weighted by Gasteiger charge is 2.10. The number of hydrogen-bond donors (Lipinski definition) is 1. The predicted molar refractivity (Wildman–Crippen MR) is 72.0 cm³/mol. The Labute approximate surface area is 99.5 Å². The van der Waals surface area contributed by atoms with E-state index in [0.29, 0.717) is 5.92 Å². The molecule has 0 aromatic heterocycles. The molecule has 0 spiro atoms. The molecule has 0 saturated carbocycles. The van der Waals surface area contributed by atoms with Crippen molar-refractivity contribution >= 4 is 5.71 Å². The van der Waals surface area contributed by atoms with Gasteiger partial charge in [-0.15, -0.1) is 0 Å². The second-order valence-electron chi connectivity index (χ2n) is 4.51. The summed E-state index contributed by atoms with van der Waals surface area (Å²) < 4.78 is 0. The zero-order chi connectivity index (χ0) is 12.0. The van der Waals surface area contributed by atoms with Crippen LogP contribution in [0.25, 0.3) is 0 Å². The molecule has 0 aromatic carbocycles. The van der Waals surface area contributed by atoms with Crippen molar-refractivity contribution in [2.24, 2.45) is 5.92 Å². The zero-order valence-electron chi connectivity index (χ0n) is 10.6. The molecule has 1 aliphatic carbocycles. The first-order chi connectivity index (χ1) is 7.67. The van der Waals surface area contributed by atoms with Gasteiger partial charge in [-0.1, -0.05) is 44.2 Å². The third-order valence-electron chi connectivity index (χ3n) is 3.25. The van der Waals surface area contributed by atoms with E-state index >= 15 is 0 Å². The third kappa shape index (κ3) is 3.80. The van der Waals surface area contributed by atoms with Crippen LogP contribution in [0.3, 0.4) is 0 Å². The van der Waals surface area contributed by atoms with Crippen molar-refractivity contribution in [1.82, 2.24) is 0 Å². The van der Waals surface area contributed by atoms with Crippen molar-refractivity contribution in [3.8, 4) is 0 Å². The largest absolute Gasteiger partial charge is 0.305 e. The summed E-state index contributed by atoms with van der Waals surface area (Å²) in [4.78, 5) is 0. The number of allylic oxidation sites excluding steroid dienone is 5. The normalized spacial score (nSPS) is 19.4. The summed E-state index contributed by atoms with van der Waals surface area (Å²) in [5.41, 5.74) is 3.14. The molecule has 0 aromatic rings. The van der Waals surface area contributed by atoms with Gasteiger partial charge in [-0.25, -0.2) is 0 Å². The molecular formula is C15H23N. The Bertz CT molecular complexity index is 320. The monoisotopic (exact) mass is 217 g/mol. The summed E-state index contributed by atoms with van der Waals surface area (Å²) in [6.07, 6.45) is 11.7. The fraction of sp³-hybridized carbons (Fsp3) is 0.533. The second-order valence-corrected chi connectivity index (χ2v) is 4.51. The maximum Gasteiger partial charge on any atom is 0.0386 e. The molecule has 0 radical (unpaired) electrons. The Morgan fingerprint density at radius 2 is 2.19 bits per heavy atom. The van der Waals surface area contributed by atoms with E-state index < -0.39 is 0 Å². The minimum atomic E-state index is 0.634. The molecule has 1 N–H and O–H groups in total. The van der Waals surface area contributed by atoms with Gasteiger partial charge < -0.3 is 5.41 Å². The van der Waals surface area contributed by atoms with E-state index in [-0.39, 0.29) is 0 Å². The lowest BCUT2D eigenvalue weighted by atomic mass is 9.90. The molecule has 1 aliphatic rings. The number of nitrogens with one attached hydrogen (secondary N) is 1. The summed E-state index contributed by atoms with van der Waals surface area (Å²) >= 11 is 0. The van der Waals surface area contributed by atoms with Crippen molar-refractivity contribution in [3.05, 3.63) is 36.0 Å². The Morgan fingerprint density at radius 3 is 2.81 bits per heavy atom. The van der Waals surface area contributed by atoms with Crippen LogP contribution in [-0.2, 0) is 0 Å². The lowest BCUT2D eigenvalue weighted by Gasteiger charge is -2.15. The second kappa shape index (κ2) is 6.47. The van der Waals surface area contributed by atoms with E-state index in [1.807, 2.05) is 0 Å². The first-order valence-corrected chi connectivity index (χ1v) is 6.30. The molecule has 16 heavy (non-hydrogen) atoms. The van der Waals surface area contributed by atoms with Crippen LogP contribution in [0.2, 0.25) is 0 Å². The van der Waals surface area contributed by atoms with Gasteiger partial charge in [-0.2, -0.15) is 0 Å². The van der Waals surface area contributed by atoms with E-state index in [4.69, 9.17) is 5.41 Å². The van der Waals surface area contributed by atoms with Crippen molar-refractivity contribution in [1.29, 1.82) is 5.41 Å². The van der Waals surface area contributed by atoms with E-state index in [1.54, 1.807) is 0 Å². The highest BCUT2D eigenvalue weighted by atomic mass is 14.4. The average Bonchev–Trinajstić information content (AvgIpc) is 2.35. The van der Waals surface area contributed by atoms with Gasteiger partial charge in [0, 0.05) is 5.71 Å². The SMILES string of the molecule is C=C(CC)CCC(=N)C1=CC(CC)CC=C1. The average molecular weight is 217 g/mol. The van der Waals surface area contributed by atoms with Crippen LogP contribution < -0.4 is 0 Å². The Kier molecular flexibility index (Phi) is 5.24. The van der Waals surface area contributed by atoms with Gasteiger partial charge in [0.25, 0.3) is 0 Å². The highest BCUT2D eigenvalue weighted by Crippen LogP contribution is 2.21. The van der Waals surface area contributed by atoms with E-state index in [2.05, 4.69) is 38.7 Å². The minimum Gasteiger partial charge on any atom is -0.305 e. The first-order valence-electron chi connectivity index (χ1n) is 6.30. The third-order valence-corrected chi connectivity index (χ3v) is 3.25. The van der Waals surface area contributed by atoms with E-state index in [0.717, 1.165) is 37.0 Å². The summed E-state index contributed by atoms with van der Waals surface area (Å²) in [6, 6.07) is 0. The van der Waals surface area contributed by atoms with Crippen LogP contribution in [0.15, 0.2) is 36.0 Å². The fourth-order valence-corrected chi connectivity index (χ4v) is 1.86. The summed E-state index contributed by atoms with van der Waals surface area (Å²) in [7, 11) is 0. The maximum atomic E-state index is 8.06. The van der Waals surface area contributed by atoms with Gasteiger partial charge in [0.1, 0.15) is 0 Å². The molecule has 1 atom stereocenters. The molecule has 0 amide bonds. The molecule has 1 heteroatoms. The van der Waals surface area contributed by atoms with Crippen molar-refractivity contribution in [3.63, 3.8) is 0 Å². The molecule has 1 unspecified atom stereocenters. The number of rotatable bonds is 6. The van der Waals surface area contributed by atoms with Crippen LogP contribution in [-0.4, -0.2) is 5.71 Å². The zero-order valence-corrected chi connectivity index (χ0v) is 10.6. The number of hydrogen-bond acceptors (Lipinski definition) is 1. The molecular weight excluding hydrogens is 194 g/mol. The predicted octanol–water partition coefficient (Wildman–Crippen LogP) is 4.67. The van der Waals surface area contributed by atoms with Crippen LogP contribution in [0.1, 0.15) is 46.0 Å². The standard InChI is InChI=1S/C15H23N/c1-4-12(3)9-10-15(16)14-8-6-7-13(5-2)11-14/h6,8,11,13,16H,3-5,7,9-10H2,1-2H3.